The first kappa shape index (κ1) is 14.2. The number of hydrogen-bond donors (Lipinski definition) is 0. The van der Waals surface area contributed by atoms with Gasteiger partial charge in [-0.2, -0.15) is 0 Å². The third-order valence-electron chi connectivity index (χ3n) is 4.26. The van der Waals surface area contributed by atoms with E-state index in [1.807, 2.05) is 0 Å². The summed E-state index contributed by atoms with van der Waals surface area (Å²) in [6.45, 7) is 8.86. The van der Waals surface area contributed by atoms with Crippen LogP contribution in [0.2, 0.25) is 0 Å². The van der Waals surface area contributed by atoms with Crippen LogP contribution in [0.5, 0.6) is 0 Å². The van der Waals surface area contributed by atoms with Gasteiger partial charge in [0.2, 0.25) is 0 Å². The van der Waals surface area contributed by atoms with E-state index in [9.17, 15) is 0 Å². The van der Waals surface area contributed by atoms with E-state index >= 15 is 0 Å². The molecule has 0 aromatic carbocycles. The molecular formula is C14H21ClN4S. The Bertz CT molecular complexity index is 575. The van der Waals surface area contributed by atoms with Crippen molar-refractivity contribution >= 4 is 33.7 Å². The fourth-order valence-corrected chi connectivity index (χ4v) is 4.15. The maximum atomic E-state index is 6.15. The second kappa shape index (κ2) is 5.92. The summed E-state index contributed by atoms with van der Waals surface area (Å²) in [6.07, 6.45) is 3.28. The average Bonchev–Trinajstić information content (AvgIpc) is 3.14. The standard InChI is InChI=1S/C14H21ClN4S/c1-3-17(4-2)11-5-6-18(10-11)13-12(9-15)19-7-8-20-14(19)16-13/h7-8,11H,3-6,9-10H2,1-2H3. The smallest absolute Gasteiger partial charge is 0.195 e. The molecule has 20 heavy (non-hydrogen) atoms. The van der Waals surface area contributed by atoms with Crippen LogP contribution in [0.25, 0.3) is 4.96 Å². The first-order chi connectivity index (χ1) is 9.78. The SMILES string of the molecule is CCN(CC)C1CCN(c2nc3sccn3c2CCl)C1. The number of alkyl halides is 1. The summed E-state index contributed by atoms with van der Waals surface area (Å²) in [6, 6.07) is 0.646. The lowest BCUT2D eigenvalue weighted by Crippen LogP contribution is -2.37. The second-order valence-corrected chi connectivity index (χ2v) is 6.32. The molecule has 0 spiro atoms. The summed E-state index contributed by atoms with van der Waals surface area (Å²) < 4.78 is 2.12. The number of hydrogen-bond acceptors (Lipinski definition) is 4. The van der Waals surface area contributed by atoms with Crippen LogP contribution in [-0.2, 0) is 5.88 Å². The highest BCUT2D eigenvalue weighted by molar-refractivity contribution is 7.15. The lowest BCUT2D eigenvalue weighted by atomic mass is 10.2. The zero-order valence-electron chi connectivity index (χ0n) is 12.0. The first-order valence-electron chi connectivity index (χ1n) is 7.27. The molecular weight excluding hydrogens is 292 g/mol. The minimum atomic E-state index is 0.514. The van der Waals surface area contributed by atoms with Gasteiger partial charge in [0, 0.05) is 30.7 Å². The van der Waals surface area contributed by atoms with Crippen molar-refractivity contribution in [3.8, 4) is 0 Å². The third-order valence-corrected chi connectivity index (χ3v) is 5.27. The zero-order valence-corrected chi connectivity index (χ0v) is 13.6. The topological polar surface area (TPSA) is 23.8 Å². The van der Waals surface area contributed by atoms with Gasteiger partial charge in [-0.05, 0) is 19.5 Å². The molecule has 0 N–H and O–H groups in total. The van der Waals surface area contributed by atoms with Crippen molar-refractivity contribution in [1.82, 2.24) is 14.3 Å². The molecule has 0 saturated carbocycles. The van der Waals surface area contributed by atoms with Crippen LogP contribution >= 0.6 is 22.9 Å². The van der Waals surface area contributed by atoms with Crippen LogP contribution < -0.4 is 4.90 Å². The highest BCUT2D eigenvalue weighted by Gasteiger charge is 2.29. The van der Waals surface area contributed by atoms with Gasteiger partial charge in [-0.3, -0.25) is 9.30 Å². The number of anilines is 1. The predicted octanol–water partition coefficient (Wildman–Crippen LogP) is 3.06. The lowest BCUT2D eigenvalue weighted by molar-refractivity contribution is 0.232. The fraction of sp³-hybridized carbons (Fsp3) is 0.643. The molecule has 0 radical (unpaired) electrons. The summed E-state index contributed by atoms with van der Waals surface area (Å²) in [5.74, 6) is 1.60. The molecule has 1 unspecified atom stereocenters. The quantitative estimate of drug-likeness (QED) is 0.793. The molecule has 6 heteroatoms. The number of nitrogens with zero attached hydrogens (tertiary/aromatic N) is 4. The summed E-state index contributed by atoms with van der Waals surface area (Å²) in [7, 11) is 0. The number of aromatic nitrogens is 2. The maximum Gasteiger partial charge on any atom is 0.195 e. The Labute approximate surface area is 129 Å². The van der Waals surface area contributed by atoms with Gasteiger partial charge < -0.3 is 4.90 Å². The normalized spacial score (nSPS) is 19.6. The summed E-state index contributed by atoms with van der Waals surface area (Å²) in [5, 5.41) is 2.06. The predicted molar refractivity (Wildman–Crippen MR) is 86.2 cm³/mol. The Morgan fingerprint density at radius 1 is 1.45 bits per heavy atom. The van der Waals surface area contributed by atoms with Crippen LogP contribution in [0, 0.1) is 0 Å². The van der Waals surface area contributed by atoms with Crippen LogP contribution in [0.4, 0.5) is 5.82 Å². The third kappa shape index (κ3) is 2.32. The van der Waals surface area contributed by atoms with Gasteiger partial charge >= 0.3 is 0 Å². The fourth-order valence-electron chi connectivity index (χ4n) is 3.17. The van der Waals surface area contributed by atoms with E-state index in [0.717, 1.165) is 42.7 Å². The van der Waals surface area contributed by atoms with Crippen molar-refractivity contribution in [2.45, 2.75) is 32.2 Å². The molecule has 1 saturated heterocycles. The van der Waals surface area contributed by atoms with Crippen LogP contribution in [0.3, 0.4) is 0 Å². The summed E-state index contributed by atoms with van der Waals surface area (Å²) in [4.78, 5) is 10.8. The van der Waals surface area contributed by atoms with Crippen LogP contribution in [0.1, 0.15) is 26.0 Å². The van der Waals surface area contributed by atoms with Crippen molar-refractivity contribution in [2.24, 2.45) is 0 Å². The van der Waals surface area contributed by atoms with E-state index in [4.69, 9.17) is 16.6 Å². The van der Waals surface area contributed by atoms with Crippen LogP contribution in [0.15, 0.2) is 11.6 Å². The van der Waals surface area contributed by atoms with Gasteiger partial charge in [-0.15, -0.1) is 22.9 Å². The number of halogens is 1. The Morgan fingerprint density at radius 3 is 2.95 bits per heavy atom. The van der Waals surface area contributed by atoms with Crippen molar-refractivity contribution in [1.29, 1.82) is 0 Å². The number of likely N-dealkylation sites (N-methyl/N-ethyl adjacent to an activating group) is 1. The molecule has 2 aromatic rings. The van der Waals surface area contributed by atoms with Gasteiger partial charge in [0.25, 0.3) is 0 Å². The molecule has 0 aliphatic carbocycles. The average molecular weight is 313 g/mol. The Morgan fingerprint density at radius 2 is 2.25 bits per heavy atom. The van der Waals surface area contributed by atoms with E-state index in [1.54, 1.807) is 11.3 Å². The minimum absolute atomic E-state index is 0.514. The molecule has 3 rings (SSSR count). The van der Waals surface area contributed by atoms with Gasteiger partial charge in [-0.25, -0.2) is 4.98 Å². The molecule has 4 nitrogen and oxygen atoms in total. The molecule has 1 aliphatic rings. The van der Waals surface area contributed by atoms with E-state index in [-0.39, 0.29) is 0 Å². The molecule has 1 fully saturated rings. The molecule has 0 bridgehead atoms. The molecule has 1 atom stereocenters. The highest BCUT2D eigenvalue weighted by Crippen LogP contribution is 2.29. The summed E-state index contributed by atoms with van der Waals surface area (Å²) >= 11 is 7.82. The van der Waals surface area contributed by atoms with Gasteiger partial charge in [0.1, 0.15) is 0 Å². The Kier molecular flexibility index (Phi) is 4.19. The molecule has 110 valence electrons. The van der Waals surface area contributed by atoms with Crippen molar-refractivity contribution in [3.05, 3.63) is 17.3 Å². The Balaban J connectivity index is 1.84. The first-order valence-corrected chi connectivity index (χ1v) is 8.69. The largest absolute Gasteiger partial charge is 0.353 e. The van der Waals surface area contributed by atoms with E-state index in [1.165, 1.54) is 6.42 Å². The van der Waals surface area contributed by atoms with E-state index in [0.29, 0.717) is 11.9 Å². The maximum absolute atomic E-state index is 6.15. The van der Waals surface area contributed by atoms with Crippen LogP contribution in [-0.4, -0.2) is 46.5 Å². The Hall–Kier alpha value is -0.780. The number of fused-ring (bicyclic) bond motifs is 1. The monoisotopic (exact) mass is 312 g/mol. The summed E-state index contributed by atoms with van der Waals surface area (Å²) in [5.41, 5.74) is 1.13. The second-order valence-electron chi connectivity index (χ2n) is 5.18. The van der Waals surface area contributed by atoms with Gasteiger partial charge in [-0.1, -0.05) is 13.8 Å². The van der Waals surface area contributed by atoms with Crippen molar-refractivity contribution < 1.29 is 0 Å². The highest BCUT2D eigenvalue weighted by atomic mass is 35.5. The molecule has 1 aliphatic heterocycles. The number of imidazole rings is 1. The number of thiazole rings is 1. The van der Waals surface area contributed by atoms with Crippen molar-refractivity contribution in [3.63, 3.8) is 0 Å². The number of rotatable bonds is 5. The lowest BCUT2D eigenvalue weighted by Gasteiger charge is -2.26. The van der Waals surface area contributed by atoms with Gasteiger partial charge in [0.05, 0.1) is 11.6 Å². The zero-order chi connectivity index (χ0) is 14.1. The van der Waals surface area contributed by atoms with E-state index in [2.05, 4.69) is 39.6 Å². The van der Waals surface area contributed by atoms with Crippen molar-refractivity contribution in [2.75, 3.05) is 31.1 Å². The molecule has 0 amide bonds. The van der Waals surface area contributed by atoms with Gasteiger partial charge in [0.15, 0.2) is 10.8 Å². The van der Waals surface area contributed by atoms with E-state index < -0.39 is 0 Å². The molecule has 2 aromatic heterocycles. The minimum Gasteiger partial charge on any atom is -0.353 e. The molecule has 3 heterocycles.